The molecular weight excluding hydrogens is 335 g/mol. The van der Waals surface area contributed by atoms with Crippen LogP contribution in [0.1, 0.15) is 33.8 Å². The molecule has 1 aromatic rings. The van der Waals surface area contributed by atoms with Gasteiger partial charge in [0, 0.05) is 15.5 Å². The number of rotatable bonds is 0. The lowest BCUT2D eigenvalue weighted by molar-refractivity contribution is -0.677. The Hall–Kier alpha value is 0.130. The minimum atomic E-state index is 0.0774. The van der Waals surface area contributed by atoms with Crippen molar-refractivity contribution in [2.24, 2.45) is 0 Å². The van der Waals surface area contributed by atoms with Gasteiger partial charge in [-0.1, -0.05) is 48.3 Å². The van der Waals surface area contributed by atoms with E-state index in [9.17, 15) is 5.21 Å². The van der Waals surface area contributed by atoms with Crippen LogP contribution >= 0.6 is 43.5 Å². The van der Waals surface area contributed by atoms with Crippen molar-refractivity contribution < 1.29 is 4.85 Å². The monoisotopic (exact) mass is 340 g/mol. The minimum absolute atomic E-state index is 0.0774. The average Bonchev–Trinajstić information content (AvgIpc) is 2.10. The Morgan fingerprint density at radius 1 is 1.43 bits per heavy atom. The average molecular weight is 342 g/mol. The van der Waals surface area contributed by atoms with E-state index in [2.05, 4.69) is 37.0 Å². The second-order valence-electron chi connectivity index (χ2n) is 3.19. The highest BCUT2D eigenvalue weighted by atomic mass is 79.9. The zero-order valence-electron chi connectivity index (χ0n) is 7.08. The molecule has 0 N–H and O–H groups in total. The SMILES string of the molecule is [O-][n+]1nc(Cl)cc2c1[C@H](Br)CC[C@@H]2Br. The van der Waals surface area contributed by atoms with E-state index in [1.807, 2.05) is 0 Å². The van der Waals surface area contributed by atoms with Gasteiger partial charge in [0.25, 0.3) is 0 Å². The van der Waals surface area contributed by atoms with Crippen LogP contribution in [0.3, 0.4) is 0 Å². The Bertz CT molecular complexity index is 375. The third-order valence-electron chi connectivity index (χ3n) is 2.27. The lowest BCUT2D eigenvalue weighted by Crippen LogP contribution is -2.39. The molecule has 0 aliphatic heterocycles. The van der Waals surface area contributed by atoms with Gasteiger partial charge < -0.3 is 5.21 Å². The van der Waals surface area contributed by atoms with Gasteiger partial charge in [0.2, 0.25) is 5.69 Å². The van der Waals surface area contributed by atoms with Crippen LogP contribution in [0, 0.1) is 5.21 Å². The van der Waals surface area contributed by atoms with Crippen LogP contribution in [0.4, 0.5) is 0 Å². The minimum Gasteiger partial charge on any atom is -0.594 e. The molecule has 0 saturated carbocycles. The number of nitrogens with zero attached hydrogens (tertiary/aromatic N) is 2. The summed E-state index contributed by atoms with van der Waals surface area (Å²) in [5.41, 5.74) is 1.61. The largest absolute Gasteiger partial charge is 0.594 e. The second-order valence-corrected chi connectivity index (χ2v) is 5.79. The van der Waals surface area contributed by atoms with Gasteiger partial charge in [-0.05, 0) is 18.9 Å². The predicted molar refractivity (Wildman–Crippen MR) is 60.8 cm³/mol. The van der Waals surface area contributed by atoms with E-state index in [0.29, 0.717) is 10.5 Å². The summed E-state index contributed by atoms with van der Waals surface area (Å²) in [6.07, 6.45) is 1.91. The van der Waals surface area contributed by atoms with Crippen molar-refractivity contribution in [2.45, 2.75) is 22.5 Å². The highest BCUT2D eigenvalue weighted by molar-refractivity contribution is 9.09. The number of alkyl halides is 2. The van der Waals surface area contributed by atoms with E-state index >= 15 is 0 Å². The molecular formula is C8H7Br2ClN2O. The van der Waals surface area contributed by atoms with E-state index in [1.165, 1.54) is 0 Å². The third kappa shape index (κ3) is 1.77. The van der Waals surface area contributed by atoms with Gasteiger partial charge in [0.05, 0.1) is 0 Å². The van der Waals surface area contributed by atoms with Gasteiger partial charge in [-0.25, -0.2) is 0 Å². The molecule has 0 radical (unpaired) electrons. The number of hydrogen-bond donors (Lipinski definition) is 0. The Balaban J connectivity index is 2.60. The molecule has 0 spiro atoms. The fourth-order valence-electron chi connectivity index (χ4n) is 1.62. The van der Waals surface area contributed by atoms with Gasteiger partial charge in [0.1, 0.15) is 4.83 Å². The normalized spacial score (nSPS) is 25.9. The first-order valence-electron chi connectivity index (χ1n) is 4.18. The summed E-state index contributed by atoms with van der Waals surface area (Å²) in [5.74, 6) is 0. The first kappa shape index (κ1) is 10.6. The van der Waals surface area contributed by atoms with Crippen LogP contribution in [0.25, 0.3) is 0 Å². The van der Waals surface area contributed by atoms with E-state index < -0.39 is 0 Å². The molecule has 3 nitrogen and oxygen atoms in total. The van der Waals surface area contributed by atoms with Crippen LogP contribution < -0.4 is 4.85 Å². The van der Waals surface area contributed by atoms with E-state index in [0.717, 1.165) is 18.4 Å². The molecule has 0 aromatic carbocycles. The topological polar surface area (TPSA) is 39.8 Å². The third-order valence-corrected chi connectivity index (χ3v) is 4.30. The van der Waals surface area contributed by atoms with Crippen LogP contribution in [-0.2, 0) is 0 Å². The molecule has 0 unspecified atom stereocenters. The lowest BCUT2D eigenvalue weighted by Gasteiger charge is -2.21. The van der Waals surface area contributed by atoms with Gasteiger partial charge in [-0.15, -0.1) is 0 Å². The van der Waals surface area contributed by atoms with Crippen molar-refractivity contribution in [3.05, 3.63) is 27.7 Å². The number of hydrogen-bond acceptors (Lipinski definition) is 2. The van der Waals surface area contributed by atoms with E-state index in [1.54, 1.807) is 6.07 Å². The standard InChI is InChI=1S/C8H7Br2ClN2O/c9-5-1-2-6(10)8-4(5)3-7(11)12-13(8)14/h3,5-6H,1-2H2/t5-,6+/m0/s1. The summed E-state index contributed by atoms with van der Waals surface area (Å²) in [5, 5.41) is 15.4. The molecule has 2 atom stereocenters. The summed E-state index contributed by atoms with van der Waals surface area (Å²) in [7, 11) is 0. The van der Waals surface area contributed by atoms with Gasteiger partial charge in [-0.3, -0.25) is 0 Å². The van der Waals surface area contributed by atoms with Crippen molar-refractivity contribution in [1.82, 2.24) is 5.10 Å². The molecule has 0 fully saturated rings. The summed E-state index contributed by atoms with van der Waals surface area (Å²) in [6, 6.07) is 1.75. The highest BCUT2D eigenvalue weighted by Crippen LogP contribution is 2.43. The molecule has 0 saturated heterocycles. The zero-order valence-corrected chi connectivity index (χ0v) is 11.0. The Morgan fingerprint density at radius 2 is 2.07 bits per heavy atom. The van der Waals surface area contributed by atoms with Crippen LogP contribution in [0.2, 0.25) is 5.15 Å². The van der Waals surface area contributed by atoms with Crippen molar-refractivity contribution in [3.63, 3.8) is 0 Å². The Morgan fingerprint density at radius 3 is 2.79 bits per heavy atom. The second kappa shape index (κ2) is 3.94. The molecule has 0 amide bonds. The summed E-state index contributed by atoms with van der Waals surface area (Å²) >= 11 is 12.7. The smallest absolute Gasteiger partial charge is 0.239 e. The van der Waals surface area contributed by atoms with Gasteiger partial charge >= 0.3 is 0 Å². The Labute approximate surface area is 103 Å². The first-order chi connectivity index (χ1) is 6.59. The molecule has 2 rings (SSSR count). The van der Waals surface area contributed by atoms with Crippen molar-refractivity contribution in [3.8, 4) is 0 Å². The highest BCUT2D eigenvalue weighted by Gasteiger charge is 2.32. The van der Waals surface area contributed by atoms with Crippen LogP contribution in [-0.4, -0.2) is 5.10 Å². The molecule has 1 aliphatic carbocycles. The predicted octanol–water partition coefficient (Wildman–Crippen LogP) is 3.03. The van der Waals surface area contributed by atoms with E-state index in [4.69, 9.17) is 11.6 Å². The molecule has 1 aromatic heterocycles. The Kier molecular flexibility index (Phi) is 3.00. The zero-order chi connectivity index (χ0) is 10.3. The summed E-state index contributed by atoms with van der Waals surface area (Å²) < 4.78 is 0. The van der Waals surface area contributed by atoms with Crippen LogP contribution in [0.15, 0.2) is 6.07 Å². The quantitative estimate of drug-likeness (QED) is 0.413. The molecule has 14 heavy (non-hydrogen) atoms. The summed E-state index contributed by atoms with van der Waals surface area (Å²) in [6.45, 7) is 0. The maximum Gasteiger partial charge on any atom is 0.239 e. The molecule has 1 heterocycles. The maximum absolute atomic E-state index is 11.5. The number of aromatic nitrogens is 2. The van der Waals surface area contributed by atoms with Crippen molar-refractivity contribution >= 4 is 43.5 Å². The van der Waals surface area contributed by atoms with E-state index in [-0.39, 0.29) is 14.8 Å². The lowest BCUT2D eigenvalue weighted by atomic mass is 9.97. The first-order valence-corrected chi connectivity index (χ1v) is 6.39. The van der Waals surface area contributed by atoms with Crippen LogP contribution in [0.5, 0.6) is 0 Å². The van der Waals surface area contributed by atoms with Gasteiger partial charge in [-0.2, -0.15) is 0 Å². The molecule has 0 bridgehead atoms. The molecule has 76 valence electrons. The number of fused-ring (bicyclic) bond motifs is 1. The fraction of sp³-hybridized carbons (Fsp3) is 0.500. The van der Waals surface area contributed by atoms with Gasteiger partial charge in [0.15, 0.2) is 5.15 Å². The molecule has 1 aliphatic rings. The summed E-state index contributed by atoms with van der Waals surface area (Å²) in [4.78, 5) is 0.894. The fourth-order valence-corrected chi connectivity index (χ4v) is 3.14. The molecule has 6 heteroatoms. The number of halogens is 3. The van der Waals surface area contributed by atoms with Crippen molar-refractivity contribution in [2.75, 3.05) is 0 Å². The maximum atomic E-state index is 11.5. The van der Waals surface area contributed by atoms with Crippen molar-refractivity contribution in [1.29, 1.82) is 0 Å².